The van der Waals surface area contributed by atoms with Crippen LogP contribution in [-0.2, 0) is 17.7 Å². The Labute approximate surface area is 187 Å². The molecule has 1 fully saturated rings. The fraction of sp³-hybridized carbons (Fsp3) is 0.375. The van der Waals surface area contributed by atoms with E-state index < -0.39 is 0 Å². The molecule has 8 nitrogen and oxygen atoms in total. The van der Waals surface area contributed by atoms with Crippen LogP contribution >= 0.6 is 0 Å². The second-order valence-electron chi connectivity index (χ2n) is 8.27. The number of nitrogens with one attached hydrogen (secondary N) is 1. The van der Waals surface area contributed by atoms with Crippen molar-refractivity contribution in [3.8, 4) is 5.75 Å². The molecule has 1 aromatic carbocycles. The van der Waals surface area contributed by atoms with Crippen molar-refractivity contribution in [3.05, 3.63) is 77.0 Å². The molecule has 0 spiro atoms. The van der Waals surface area contributed by atoms with Crippen LogP contribution in [0, 0.1) is 13.8 Å². The van der Waals surface area contributed by atoms with E-state index in [2.05, 4.69) is 39.3 Å². The summed E-state index contributed by atoms with van der Waals surface area (Å²) in [6.07, 6.45) is 2.64. The van der Waals surface area contributed by atoms with E-state index in [-0.39, 0.29) is 6.10 Å². The zero-order valence-electron chi connectivity index (χ0n) is 18.5. The first-order chi connectivity index (χ1) is 15.7. The highest BCUT2D eigenvalue weighted by Crippen LogP contribution is 2.23. The average Bonchev–Trinajstić information content (AvgIpc) is 3.43. The van der Waals surface area contributed by atoms with Crippen LogP contribution in [0.1, 0.15) is 34.4 Å². The minimum atomic E-state index is -0.0536. The van der Waals surface area contributed by atoms with Crippen molar-refractivity contribution in [2.24, 2.45) is 0 Å². The standard InChI is InChI=1S/C24H28N6O2/c1-17-12-18(2)30-24(26-17)19(14-25-30)15-29-9-11-32-23(16-29)22-13-20(27-28-22)8-10-31-21-6-4-3-5-7-21/h3-7,12-14,23H,8-11,15-16H2,1-2H3,(H,27,28)/t23-/m0/s1. The van der Waals surface area contributed by atoms with Gasteiger partial charge in [-0.3, -0.25) is 10.00 Å². The van der Waals surface area contributed by atoms with Gasteiger partial charge in [-0.2, -0.15) is 10.2 Å². The Hall–Kier alpha value is -3.23. The van der Waals surface area contributed by atoms with Gasteiger partial charge in [0.15, 0.2) is 5.65 Å². The maximum Gasteiger partial charge on any atom is 0.159 e. The van der Waals surface area contributed by atoms with E-state index in [4.69, 9.17) is 14.5 Å². The van der Waals surface area contributed by atoms with Crippen molar-refractivity contribution in [2.45, 2.75) is 32.9 Å². The van der Waals surface area contributed by atoms with E-state index in [0.29, 0.717) is 13.2 Å². The van der Waals surface area contributed by atoms with Gasteiger partial charge in [0.1, 0.15) is 11.9 Å². The summed E-state index contributed by atoms with van der Waals surface area (Å²) in [5.74, 6) is 0.881. The van der Waals surface area contributed by atoms with Crippen LogP contribution in [0.4, 0.5) is 0 Å². The second kappa shape index (κ2) is 9.10. The van der Waals surface area contributed by atoms with Crippen LogP contribution < -0.4 is 4.74 Å². The number of ether oxygens (including phenoxy) is 2. The van der Waals surface area contributed by atoms with E-state index in [1.54, 1.807) is 0 Å². The minimum Gasteiger partial charge on any atom is -0.493 e. The van der Waals surface area contributed by atoms with Gasteiger partial charge in [-0.15, -0.1) is 0 Å². The van der Waals surface area contributed by atoms with Crippen LogP contribution in [-0.4, -0.2) is 56.0 Å². The van der Waals surface area contributed by atoms with Crippen molar-refractivity contribution in [1.29, 1.82) is 0 Å². The van der Waals surface area contributed by atoms with E-state index in [1.165, 1.54) is 0 Å². The molecule has 166 valence electrons. The van der Waals surface area contributed by atoms with Crippen LogP contribution in [0.25, 0.3) is 5.65 Å². The normalized spacial score (nSPS) is 17.1. The summed E-state index contributed by atoms with van der Waals surface area (Å²) in [7, 11) is 0. The van der Waals surface area contributed by atoms with E-state index >= 15 is 0 Å². The molecule has 4 aromatic rings. The van der Waals surface area contributed by atoms with Gasteiger partial charge in [-0.25, -0.2) is 9.50 Å². The number of para-hydroxylation sites is 1. The molecular weight excluding hydrogens is 404 g/mol. The molecular formula is C24H28N6O2. The monoisotopic (exact) mass is 432 g/mol. The Morgan fingerprint density at radius 1 is 1.19 bits per heavy atom. The SMILES string of the molecule is Cc1cc(C)n2ncc(CN3CCO[C@H](c4cc(CCOc5ccccc5)[nH]n4)C3)c2n1. The molecule has 0 saturated carbocycles. The Kier molecular flexibility index (Phi) is 5.87. The first-order valence-corrected chi connectivity index (χ1v) is 11.0. The van der Waals surface area contributed by atoms with Crippen molar-refractivity contribution >= 4 is 5.65 Å². The van der Waals surface area contributed by atoms with Crippen LogP contribution in [0.5, 0.6) is 5.75 Å². The number of hydrogen-bond donors (Lipinski definition) is 1. The molecule has 8 heteroatoms. The van der Waals surface area contributed by atoms with Gasteiger partial charge in [0.05, 0.1) is 25.1 Å². The van der Waals surface area contributed by atoms with Gasteiger partial charge in [0, 0.05) is 48.7 Å². The highest BCUT2D eigenvalue weighted by atomic mass is 16.5. The number of morpholine rings is 1. The molecule has 0 unspecified atom stereocenters. The van der Waals surface area contributed by atoms with Crippen LogP contribution in [0.3, 0.4) is 0 Å². The number of aromatic amines is 1. The van der Waals surface area contributed by atoms with E-state index in [9.17, 15) is 0 Å². The molecule has 4 heterocycles. The predicted octanol–water partition coefficient (Wildman–Crippen LogP) is 3.26. The summed E-state index contributed by atoms with van der Waals surface area (Å²) in [5, 5.41) is 12.2. The maximum atomic E-state index is 6.03. The molecule has 1 saturated heterocycles. The van der Waals surface area contributed by atoms with E-state index in [0.717, 1.165) is 65.8 Å². The third kappa shape index (κ3) is 4.51. The first kappa shape index (κ1) is 20.7. The lowest BCUT2D eigenvalue weighted by molar-refractivity contribution is -0.0349. The number of aryl methyl sites for hydroxylation is 2. The highest BCUT2D eigenvalue weighted by Gasteiger charge is 2.25. The molecule has 3 aromatic heterocycles. The molecule has 0 aliphatic carbocycles. The lowest BCUT2D eigenvalue weighted by atomic mass is 10.1. The Balaban J connectivity index is 1.20. The Morgan fingerprint density at radius 3 is 2.94 bits per heavy atom. The number of fused-ring (bicyclic) bond motifs is 1. The molecule has 1 aliphatic heterocycles. The van der Waals surface area contributed by atoms with Crippen molar-refractivity contribution < 1.29 is 9.47 Å². The summed E-state index contributed by atoms with van der Waals surface area (Å²) in [6, 6.07) is 14.0. The molecule has 1 aliphatic rings. The first-order valence-electron chi connectivity index (χ1n) is 11.0. The molecule has 5 rings (SSSR count). The van der Waals surface area contributed by atoms with Crippen LogP contribution in [0.15, 0.2) is 48.7 Å². The van der Waals surface area contributed by atoms with Gasteiger partial charge >= 0.3 is 0 Å². The number of H-pyrrole nitrogens is 1. The van der Waals surface area contributed by atoms with Crippen molar-refractivity contribution in [2.75, 3.05) is 26.3 Å². The van der Waals surface area contributed by atoms with Crippen molar-refractivity contribution in [3.63, 3.8) is 0 Å². The second-order valence-corrected chi connectivity index (χ2v) is 8.27. The highest BCUT2D eigenvalue weighted by molar-refractivity contribution is 5.47. The predicted molar refractivity (Wildman–Crippen MR) is 121 cm³/mol. The third-order valence-corrected chi connectivity index (χ3v) is 5.76. The molecule has 32 heavy (non-hydrogen) atoms. The fourth-order valence-electron chi connectivity index (χ4n) is 4.16. The molecule has 1 atom stereocenters. The van der Waals surface area contributed by atoms with E-state index in [1.807, 2.05) is 48.0 Å². The maximum absolute atomic E-state index is 6.03. The smallest absolute Gasteiger partial charge is 0.159 e. The number of nitrogens with zero attached hydrogens (tertiary/aromatic N) is 5. The Bertz CT molecular complexity index is 1190. The molecule has 0 amide bonds. The summed E-state index contributed by atoms with van der Waals surface area (Å²) < 4.78 is 13.7. The van der Waals surface area contributed by atoms with Crippen LogP contribution in [0.2, 0.25) is 0 Å². The number of hydrogen-bond acceptors (Lipinski definition) is 6. The zero-order chi connectivity index (χ0) is 21.9. The fourth-order valence-corrected chi connectivity index (χ4v) is 4.16. The molecule has 0 radical (unpaired) electrons. The third-order valence-electron chi connectivity index (χ3n) is 5.76. The summed E-state index contributed by atoms with van der Waals surface area (Å²) in [4.78, 5) is 7.09. The minimum absolute atomic E-state index is 0.0536. The zero-order valence-corrected chi connectivity index (χ0v) is 18.5. The van der Waals surface area contributed by atoms with Gasteiger partial charge in [-0.05, 0) is 38.1 Å². The van der Waals surface area contributed by atoms with Gasteiger partial charge in [0.25, 0.3) is 0 Å². The molecule has 1 N–H and O–H groups in total. The number of rotatable bonds is 7. The lowest BCUT2D eigenvalue weighted by Gasteiger charge is -2.31. The molecule has 0 bridgehead atoms. The summed E-state index contributed by atoms with van der Waals surface area (Å²) >= 11 is 0. The average molecular weight is 433 g/mol. The quantitative estimate of drug-likeness (QED) is 0.483. The van der Waals surface area contributed by atoms with Gasteiger partial charge in [-0.1, -0.05) is 18.2 Å². The van der Waals surface area contributed by atoms with Gasteiger partial charge in [0.2, 0.25) is 0 Å². The summed E-state index contributed by atoms with van der Waals surface area (Å²) in [5.41, 5.74) is 6.17. The van der Waals surface area contributed by atoms with Crippen molar-refractivity contribution in [1.82, 2.24) is 29.7 Å². The topological polar surface area (TPSA) is 80.6 Å². The lowest BCUT2D eigenvalue weighted by Crippen LogP contribution is -2.38. The Morgan fingerprint density at radius 2 is 2.06 bits per heavy atom. The number of benzene rings is 1. The largest absolute Gasteiger partial charge is 0.493 e. The number of aromatic nitrogens is 5. The summed E-state index contributed by atoms with van der Waals surface area (Å²) in [6.45, 7) is 7.81. The van der Waals surface area contributed by atoms with Gasteiger partial charge < -0.3 is 9.47 Å².